The first-order valence-corrected chi connectivity index (χ1v) is 7.73. The number of hydrogen-bond acceptors (Lipinski definition) is 6. The van der Waals surface area contributed by atoms with Gasteiger partial charge < -0.3 is 19.5 Å². The summed E-state index contributed by atoms with van der Waals surface area (Å²) >= 11 is 0. The summed E-state index contributed by atoms with van der Waals surface area (Å²) in [6.07, 6.45) is 0. The van der Waals surface area contributed by atoms with Crippen molar-refractivity contribution in [3.8, 4) is 6.07 Å². The Kier molecular flexibility index (Phi) is 4.22. The lowest BCUT2D eigenvalue weighted by Gasteiger charge is -2.20. The fourth-order valence-corrected chi connectivity index (χ4v) is 3.07. The fourth-order valence-electron chi connectivity index (χ4n) is 3.07. The topological polar surface area (TPSA) is 57.8 Å². The standard InChI is InChI=1S/C18H16N8/c1-20-16-15(10-19)23(4)11-25(16)13-7-6-8-14(9-13)26-12-24(5)17(21-2)18(26)22-3/h6-9H,2,11-12H2,4-5H3. The van der Waals surface area contributed by atoms with Crippen LogP contribution in [0.1, 0.15) is 0 Å². The number of hydrogen-bond donors (Lipinski definition) is 0. The summed E-state index contributed by atoms with van der Waals surface area (Å²) in [7, 11) is 3.64. The van der Waals surface area contributed by atoms with E-state index in [9.17, 15) is 5.26 Å². The van der Waals surface area contributed by atoms with Crippen LogP contribution in [0.2, 0.25) is 0 Å². The zero-order chi connectivity index (χ0) is 18.8. The molecule has 8 nitrogen and oxygen atoms in total. The van der Waals surface area contributed by atoms with Crippen LogP contribution >= 0.6 is 0 Å². The van der Waals surface area contributed by atoms with Crippen molar-refractivity contribution < 1.29 is 0 Å². The first-order valence-electron chi connectivity index (χ1n) is 7.73. The summed E-state index contributed by atoms with van der Waals surface area (Å²) in [5, 5.41) is 9.29. The summed E-state index contributed by atoms with van der Waals surface area (Å²) in [6.45, 7) is 19.4. The maximum atomic E-state index is 9.29. The Morgan fingerprint density at radius 3 is 2.19 bits per heavy atom. The molecule has 0 bridgehead atoms. The van der Waals surface area contributed by atoms with E-state index in [0.717, 1.165) is 11.4 Å². The van der Waals surface area contributed by atoms with Crippen LogP contribution in [0.4, 0.5) is 11.4 Å². The molecule has 0 saturated heterocycles. The number of allylic oxidation sites excluding steroid dienone is 1. The number of nitriles is 1. The first-order chi connectivity index (χ1) is 12.5. The van der Waals surface area contributed by atoms with Gasteiger partial charge in [0.2, 0.25) is 0 Å². The lowest BCUT2D eigenvalue weighted by molar-refractivity contribution is 0.455. The van der Waals surface area contributed by atoms with Crippen molar-refractivity contribution in [1.82, 2.24) is 9.80 Å². The number of anilines is 2. The average Bonchev–Trinajstić information content (AvgIpc) is 3.17. The third-order valence-electron chi connectivity index (χ3n) is 4.29. The molecule has 8 heteroatoms. The number of aliphatic imine (C=N–C) groups is 1. The minimum absolute atomic E-state index is 0.306. The average molecular weight is 344 g/mol. The molecule has 0 radical (unpaired) electrons. The molecule has 0 saturated carbocycles. The molecule has 0 N–H and O–H groups in total. The zero-order valence-corrected chi connectivity index (χ0v) is 14.5. The molecule has 128 valence electrons. The highest BCUT2D eigenvalue weighted by Crippen LogP contribution is 2.35. The van der Waals surface area contributed by atoms with Gasteiger partial charge in [-0.05, 0) is 18.9 Å². The van der Waals surface area contributed by atoms with Crippen molar-refractivity contribution in [2.45, 2.75) is 0 Å². The first kappa shape index (κ1) is 16.9. The molecule has 0 spiro atoms. The Hall–Kier alpha value is -3.96. The smallest absolute Gasteiger partial charge is 0.274 e. The van der Waals surface area contributed by atoms with Crippen molar-refractivity contribution in [1.29, 1.82) is 5.26 Å². The van der Waals surface area contributed by atoms with E-state index in [1.165, 1.54) is 0 Å². The highest BCUT2D eigenvalue weighted by atomic mass is 15.4. The van der Waals surface area contributed by atoms with E-state index in [-0.39, 0.29) is 0 Å². The van der Waals surface area contributed by atoms with Gasteiger partial charge in [-0.1, -0.05) is 19.2 Å². The van der Waals surface area contributed by atoms with E-state index < -0.39 is 0 Å². The van der Waals surface area contributed by atoms with Crippen molar-refractivity contribution in [2.75, 3.05) is 37.2 Å². The molecule has 2 aliphatic rings. The molecule has 2 aliphatic heterocycles. The van der Waals surface area contributed by atoms with Crippen molar-refractivity contribution in [3.05, 3.63) is 70.3 Å². The molecule has 0 aliphatic carbocycles. The highest BCUT2D eigenvalue weighted by molar-refractivity contribution is 5.67. The van der Waals surface area contributed by atoms with Crippen LogP contribution in [-0.2, 0) is 0 Å². The minimum Gasteiger partial charge on any atom is -0.361 e. The predicted molar refractivity (Wildman–Crippen MR) is 99.1 cm³/mol. The lowest BCUT2D eigenvalue weighted by atomic mass is 10.2. The molecule has 0 aromatic heterocycles. The SMILES string of the molecule is [C-]#[N+]C1=C(C#N)N(C)CN1c1cccc(N2CN(C)C(N=C)=C2[N+]#[C-])c1. The molecule has 0 unspecified atom stereocenters. The van der Waals surface area contributed by atoms with Crippen molar-refractivity contribution in [2.24, 2.45) is 4.99 Å². The van der Waals surface area contributed by atoms with Crippen LogP contribution in [0.5, 0.6) is 0 Å². The van der Waals surface area contributed by atoms with E-state index in [0.29, 0.717) is 36.5 Å². The van der Waals surface area contributed by atoms with E-state index in [2.05, 4.69) is 27.5 Å². The van der Waals surface area contributed by atoms with Crippen LogP contribution in [0.3, 0.4) is 0 Å². The van der Waals surface area contributed by atoms with E-state index in [1.807, 2.05) is 41.1 Å². The molecule has 26 heavy (non-hydrogen) atoms. The second-order valence-corrected chi connectivity index (χ2v) is 5.87. The molecule has 0 atom stereocenters. The van der Waals surface area contributed by atoms with Crippen LogP contribution in [0, 0.1) is 24.5 Å². The van der Waals surface area contributed by atoms with Gasteiger partial charge in [0.25, 0.3) is 11.6 Å². The highest BCUT2D eigenvalue weighted by Gasteiger charge is 2.33. The summed E-state index contributed by atoms with van der Waals surface area (Å²) in [6, 6.07) is 9.65. The van der Waals surface area contributed by atoms with Gasteiger partial charge in [-0.3, -0.25) is 14.8 Å². The summed E-state index contributed by atoms with van der Waals surface area (Å²) in [5.41, 5.74) is 1.96. The molecular weight excluding hydrogens is 328 g/mol. The van der Waals surface area contributed by atoms with Crippen LogP contribution < -0.4 is 9.80 Å². The molecule has 1 aromatic carbocycles. The van der Waals surface area contributed by atoms with Gasteiger partial charge in [-0.15, -0.1) is 0 Å². The third kappa shape index (κ3) is 2.49. The number of nitrogens with zero attached hydrogens (tertiary/aromatic N) is 8. The summed E-state index contributed by atoms with van der Waals surface area (Å²) in [4.78, 5) is 18.3. The molecule has 2 heterocycles. The van der Waals surface area contributed by atoms with Crippen molar-refractivity contribution in [3.63, 3.8) is 0 Å². The number of benzene rings is 1. The quantitative estimate of drug-likeness (QED) is 0.623. The van der Waals surface area contributed by atoms with Crippen LogP contribution in [0.25, 0.3) is 9.69 Å². The number of rotatable bonds is 3. The van der Waals surface area contributed by atoms with Gasteiger partial charge in [-0.2, -0.15) is 5.26 Å². The Balaban J connectivity index is 2.02. The van der Waals surface area contributed by atoms with Gasteiger partial charge in [0, 0.05) is 20.2 Å². The molecular formula is C18H16N8. The predicted octanol–water partition coefficient (Wildman–Crippen LogP) is 2.46. The minimum atomic E-state index is 0.306. The molecule has 0 fully saturated rings. The third-order valence-corrected chi connectivity index (χ3v) is 4.29. The van der Waals surface area contributed by atoms with E-state index in [1.54, 1.807) is 16.8 Å². The zero-order valence-electron chi connectivity index (χ0n) is 14.5. The van der Waals surface area contributed by atoms with Gasteiger partial charge in [0.1, 0.15) is 36.5 Å². The molecule has 1 aromatic rings. The van der Waals surface area contributed by atoms with E-state index >= 15 is 0 Å². The lowest BCUT2D eigenvalue weighted by Crippen LogP contribution is -2.26. The van der Waals surface area contributed by atoms with Gasteiger partial charge in [-0.25, -0.2) is 0 Å². The second kappa shape index (κ2) is 6.51. The van der Waals surface area contributed by atoms with Crippen LogP contribution in [-0.4, -0.2) is 44.0 Å². The Bertz CT molecular complexity index is 953. The summed E-state index contributed by atoms with van der Waals surface area (Å²) < 4.78 is 0. The molecule has 0 amide bonds. The Labute approximate surface area is 152 Å². The van der Waals surface area contributed by atoms with Crippen molar-refractivity contribution >= 4 is 18.1 Å². The summed E-state index contributed by atoms with van der Waals surface area (Å²) in [5.74, 6) is 1.26. The van der Waals surface area contributed by atoms with Gasteiger partial charge in [0.15, 0.2) is 5.82 Å². The van der Waals surface area contributed by atoms with Gasteiger partial charge in [0.05, 0.1) is 0 Å². The largest absolute Gasteiger partial charge is 0.361 e. The van der Waals surface area contributed by atoms with Gasteiger partial charge >= 0.3 is 0 Å². The maximum Gasteiger partial charge on any atom is 0.274 e. The fraction of sp³-hybridized carbons (Fsp3) is 0.222. The Morgan fingerprint density at radius 1 is 1.08 bits per heavy atom. The normalized spacial score (nSPS) is 16.7. The molecule has 3 rings (SSSR count). The second-order valence-electron chi connectivity index (χ2n) is 5.87. The van der Waals surface area contributed by atoms with E-state index in [4.69, 9.17) is 13.1 Å². The monoisotopic (exact) mass is 344 g/mol. The maximum absolute atomic E-state index is 9.29. The Morgan fingerprint density at radius 2 is 1.65 bits per heavy atom. The van der Waals surface area contributed by atoms with Crippen LogP contribution in [0.15, 0.2) is 52.4 Å².